The predicted molar refractivity (Wildman–Crippen MR) is 242 cm³/mol. The molecule has 266 valence electrons. The first kappa shape index (κ1) is 33.8. The number of hydrogen-bond acceptors (Lipinski definition) is 0. The Bertz CT molecular complexity index is 2690. The van der Waals surface area contributed by atoms with Crippen LogP contribution in [0.5, 0.6) is 0 Å². The van der Waals surface area contributed by atoms with Crippen LogP contribution in [0.15, 0.2) is 121 Å². The standard InChI is InChI=1S/C52H50Si2/c1-51(2)43-17-13-11-15-33(43)35-21-19-31(27-45(35)51)41-29-47(53(5,6)7)39-25-26-40-48(54(8,9)10)30-42(38-24-23-37(41)49(39)50(38)40)32-20-22-36-34-16-12-14-18-44(34)52(3,4)46(36)28-32/h11-30H,1-10H3. The van der Waals surface area contributed by atoms with E-state index in [0.29, 0.717) is 0 Å². The van der Waals surface area contributed by atoms with Gasteiger partial charge in [0, 0.05) is 10.8 Å². The van der Waals surface area contributed by atoms with Gasteiger partial charge in [-0.15, -0.1) is 0 Å². The van der Waals surface area contributed by atoms with Crippen LogP contribution < -0.4 is 10.4 Å². The Kier molecular flexibility index (Phi) is 6.84. The van der Waals surface area contributed by atoms with Gasteiger partial charge in [-0.3, -0.25) is 0 Å². The fourth-order valence-corrected chi connectivity index (χ4v) is 13.6. The maximum absolute atomic E-state index is 2.59. The summed E-state index contributed by atoms with van der Waals surface area (Å²) in [5.41, 5.74) is 16.6. The maximum Gasteiger partial charge on any atom is 0.0784 e. The van der Waals surface area contributed by atoms with Gasteiger partial charge in [0.05, 0.1) is 16.1 Å². The molecule has 54 heavy (non-hydrogen) atoms. The molecule has 0 atom stereocenters. The van der Waals surface area contributed by atoms with Crippen LogP contribution >= 0.6 is 0 Å². The minimum Gasteiger partial charge on any atom is -0.0656 e. The van der Waals surface area contributed by atoms with E-state index >= 15 is 0 Å². The first-order chi connectivity index (χ1) is 25.6. The zero-order valence-electron chi connectivity index (χ0n) is 33.5. The minimum atomic E-state index is -1.77. The summed E-state index contributed by atoms with van der Waals surface area (Å²) in [6, 6.07) is 47.8. The first-order valence-corrected chi connectivity index (χ1v) is 26.9. The van der Waals surface area contributed by atoms with Crippen LogP contribution in [0.1, 0.15) is 49.9 Å². The van der Waals surface area contributed by atoms with E-state index in [1.807, 2.05) is 0 Å². The quantitative estimate of drug-likeness (QED) is 0.125. The van der Waals surface area contributed by atoms with Crippen LogP contribution in [0.2, 0.25) is 39.3 Å². The third kappa shape index (κ3) is 4.53. The lowest BCUT2D eigenvalue weighted by atomic mass is 9.80. The van der Waals surface area contributed by atoms with Crippen LogP contribution in [-0.2, 0) is 10.8 Å². The zero-order valence-corrected chi connectivity index (χ0v) is 35.5. The molecule has 0 saturated carbocycles. The third-order valence-corrected chi connectivity index (χ3v) is 17.4. The lowest BCUT2D eigenvalue weighted by Crippen LogP contribution is -2.39. The van der Waals surface area contributed by atoms with E-state index in [1.165, 1.54) is 99.1 Å². The predicted octanol–water partition coefficient (Wildman–Crippen LogP) is 13.6. The number of hydrogen-bond donors (Lipinski definition) is 0. The van der Waals surface area contributed by atoms with Crippen molar-refractivity contribution in [3.63, 3.8) is 0 Å². The van der Waals surface area contributed by atoms with E-state index < -0.39 is 16.1 Å². The average Bonchev–Trinajstić information content (AvgIpc) is 3.51. The molecule has 8 aromatic carbocycles. The van der Waals surface area contributed by atoms with Gasteiger partial charge in [-0.05, 0) is 111 Å². The summed E-state index contributed by atoms with van der Waals surface area (Å²) in [6.45, 7) is 24.7. The molecule has 0 aromatic heterocycles. The van der Waals surface area contributed by atoms with E-state index in [1.54, 1.807) is 10.4 Å². The summed E-state index contributed by atoms with van der Waals surface area (Å²) < 4.78 is 0. The van der Waals surface area contributed by atoms with Crippen LogP contribution in [0.25, 0.3) is 76.8 Å². The van der Waals surface area contributed by atoms with Crippen LogP contribution in [0.4, 0.5) is 0 Å². The molecule has 8 aromatic rings. The van der Waals surface area contributed by atoms with Gasteiger partial charge < -0.3 is 0 Å². The van der Waals surface area contributed by atoms with Crippen molar-refractivity contribution in [2.75, 3.05) is 0 Å². The van der Waals surface area contributed by atoms with Gasteiger partial charge >= 0.3 is 0 Å². The molecule has 2 aliphatic carbocycles. The lowest BCUT2D eigenvalue weighted by molar-refractivity contribution is 0.660. The van der Waals surface area contributed by atoms with Crippen LogP contribution in [-0.4, -0.2) is 16.1 Å². The van der Waals surface area contributed by atoms with Crippen molar-refractivity contribution in [2.24, 2.45) is 0 Å². The Morgan fingerprint density at radius 1 is 0.333 bits per heavy atom. The Morgan fingerprint density at radius 3 is 1.07 bits per heavy atom. The molecule has 0 fully saturated rings. The van der Waals surface area contributed by atoms with Gasteiger partial charge in [-0.2, -0.15) is 0 Å². The Labute approximate surface area is 323 Å². The normalized spacial score (nSPS) is 15.5. The molecule has 0 spiro atoms. The second-order valence-corrected chi connectivity index (χ2v) is 29.5. The Balaban J connectivity index is 1.28. The molecule has 0 bridgehead atoms. The molecule has 0 unspecified atom stereocenters. The number of fused-ring (bicyclic) bond motifs is 6. The number of rotatable bonds is 4. The van der Waals surface area contributed by atoms with Crippen molar-refractivity contribution in [1.82, 2.24) is 0 Å². The topological polar surface area (TPSA) is 0 Å². The molecule has 0 amide bonds. The van der Waals surface area contributed by atoms with E-state index in [4.69, 9.17) is 0 Å². The van der Waals surface area contributed by atoms with Crippen molar-refractivity contribution in [3.8, 4) is 44.5 Å². The van der Waals surface area contributed by atoms with Gasteiger partial charge in [0.15, 0.2) is 0 Å². The minimum absolute atomic E-state index is 0.0414. The second-order valence-electron chi connectivity index (χ2n) is 19.4. The van der Waals surface area contributed by atoms with Crippen molar-refractivity contribution < 1.29 is 0 Å². The summed E-state index contributed by atoms with van der Waals surface area (Å²) in [4.78, 5) is 0. The smallest absolute Gasteiger partial charge is 0.0656 e. The highest BCUT2D eigenvalue weighted by molar-refractivity contribution is 6.91. The summed E-state index contributed by atoms with van der Waals surface area (Å²) in [5.74, 6) is 0. The Hall–Kier alpha value is -4.77. The molecule has 0 heterocycles. The Morgan fingerprint density at radius 2 is 0.685 bits per heavy atom. The average molecular weight is 731 g/mol. The summed E-state index contributed by atoms with van der Waals surface area (Å²) in [5, 5.41) is 11.7. The first-order valence-electron chi connectivity index (χ1n) is 19.9. The van der Waals surface area contributed by atoms with E-state index in [2.05, 4.69) is 188 Å². The van der Waals surface area contributed by atoms with E-state index in [9.17, 15) is 0 Å². The molecule has 0 aliphatic heterocycles. The van der Waals surface area contributed by atoms with Gasteiger partial charge in [-0.25, -0.2) is 0 Å². The van der Waals surface area contributed by atoms with Crippen LogP contribution in [0, 0.1) is 0 Å². The van der Waals surface area contributed by atoms with Gasteiger partial charge in [0.2, 0.25) is 0 Å². The fourth-order valence-electron chi connectivity index (χ4n) is 10.5. The van der Waals surface area contributed by atoms with Crippen molar-refractivity contribution >= 4 is 58.8 Å². The van der Waals surface area contributed by atoms with Crippen molar-refractivity contribution in [3.05, 3.63) is 144 Å². The van der Waals surface area contributed by atoms with E-state index in [-0.39, 0.29) is 10.8 Å². The number of benzene rings is 8. The molecular weight excluding hydrogens is 681 g/mol. The summed E-state index contributed by atoms with van der Waals surface area (Å²) in [6.07, 6.45) is 0. The molecule has 10 rings (SSSR count). The van der Waals surface area contributed by atoms with Gasteiger partial charge in [0.1, 0.15) is 0 Å². The van der Waals surface area contributed by atoms with Crippen molar-refractivity contribution in [2.45, 2.75) is 77.8 Å². The molecule has 0 N–H and O–H groups in total. The highest BCUT2D eigenvalue weighted by atomic mass is 28.3. The molecule has 0 saturated heterocycles. The third-order valence-electron chi connectivity index (χ3n) is 13.3. The highest BCUT2D eigenvalue weighted by Crippen LogP contribution is 2.52. The molecule has 2 aliphatic rings. The molecule has 2 heteroatoms. The molecular formula is C52H50Si2. The SMILES string of the molecule is CC1(C)c2ccccc2-c2ccc(-c3cc([Si](C)(C)C)c4ccc5c([Si](C)(C)C)cc(-c6ccc7c(c6)C(C)(C)c6ccccc6-7)c6ccc3c4c65)cc21. The molecule has 0 nitrogen and oxygen atoms in total. The van der Waals surface area contributed by atoms with Crippen LogP contribution in [0.3, 0.4) is 0 Å². The lowest BCUT2D eigenvalue weighted by Gasteiger charge is -2.28. The van der Waals surface area contributed by atoms with E-state index in [0.717, 1.165) is 0 Å². The monoisotopic (exact) mass is 730 g/mol. The summed E-state index contributed by atoms with van der Waals surface area (Å²) >= 11 is 0. The second kappa shape index (κ2) is 10.9. The largest absolute Gasteiger partial charge is 0.0784 e. The zero-order chi connectivity index (χ0) is 37.7. The van der Waals surface area contributed by atoms with Crippen molar-refractivity contribution in [1.29, 1.82) is 0 Å². The maximum atomic E-state index is 2.59. The fraction of sp³-hybridized carbons (Fsp3) is 0.231. The molecule has 0 radical (unpaired) electrons. The van der Waals surface area contributed by atoms with Gasteiger partial charge in [0.25, 0.3) is 0 Å². The summed E-state index contributed by atoms with van der Waals surface area (Å²) in [7, 11) is -3.54. The highest BCUT2D eigenvalue weighted by Gasteiger charge is 2.37. The van der Waals surface area contributed by atoms with Gasteiger partial charge in [-0.1, -0.05) is 187 Å².